The zero-order chi connectivity index (χ0) is 19.1. The summed E-state index contributed by atoms with van der Waals surface area (Å²) in [5.74, 6) is 0.498. The van der Waals surface area contributed by atoms with E-state index in [4.69, 9.17) is 14.2 Å². The van der Waals surface area contributed by atoms with Crippen molar-refractivity contribution in [1.29, 1.82) is 0 Å². The van der Waals surface area contributed by atoms with Gasteiger partial charge < -0.3 is 14.2 Å². The van der Waals surface area contributed by atoms with Crippen LogP contribution in [0.1, 0.15) is 38.2 Å². The Morgan fingerprint density at radius 1 is 0.962 bits per heavy atom. The molecule has 0 amide bonds. The Morgan fingerprint density at radius 2 is 1.54 bits per heavy atom. The summed E-state index contributed by atoms with van der Waals surface area (Å²) in [6.45, 7) is 4.19. The van der Waals surface area contributed by atoms with Gasteiger partial charge in [0, 0.05) is 5.92 Å². The van der Waals surface area contributed by atoms with E-state index in [2.05, 4.69) is 26.0 Å². The number of hydrogen-bond donors (Lipinski definition) is 0. The lowest BCUT2D eigenvalue weighted by atomic mass is 9.59. The lowest BCUT2D eigenvalue weighted by Crippen LogP contribution is -2.39. The van der Waals surface area contributed by atoms with Crippen LogP contribution in [-0.4, -0.2) is 33.3 Å². The molecule has 5 heteroatoms. The van der Waals surface area contributed by atoms with Crippen LogP contribution in [0, 0.1) is 17.3 Å². The molecule has 3 atom stereocenters. The first-order chi connectivity index (χ1) is 12.4. The fraction of sp³-hybridized carbons (Fsp3) is 0.524. The lowest BCUT2D eigenvalue weighted by molar-refractivity contribution is -0.168. The third kappa shape index (κ3) is 2.61. The molecular weight excluding hydrogens is 332 g/mol. The van der Waals surface area contributed by atoms with E-state index in [1.165, 1.54) is 30.9 Å². The van der Waals surface area contributed by atoms with Crippen LogP contribution >= 0.6 is 0 Å². The molecule has 2 saturated carbocycles. The van der Waals surface area contributed by atoms with Crippen molar-refractivity contribution in [1.82, 2.24) is 0 Å². The van der Waals surface area contributed by atoms with Gasteiger partial charge in [0.15, 0.2) is 5.41 Å². The minimum Gasteiger partial charge on any atom is -0.497 e. The van der Waals surface area contributed by atoms with E-state index in [0.717, 1.165) is 5.75 Å². The highest BCUT2D eigenvalue weighted by atomic mass is 16.5. The number of fused-ring (bicyclic) bond motifs is 1. The summed E-state index contributed by atoms with van der Waals surface area (Å²) in [7, 11) is 4.31. The summed E-state index contributed by atoms with van der Waals surface area (Å²) in [5.41, 5.74) is 2.57. The van der Waals surface area contributed by atoms with Crippen molar-refractivity contribution in [2.24, 2.45) is 17.3 Å². The summed E-state index contributed by atoms with van der Waals surface area (Å²) in [4.78, 5) is 25.0. The summed E-state index contributed by atoms with van der Waals surface area (Å²) in [5, 5.41) is 0. The van der Waals surface area contributed by atoms with E-state index in [-0.39, 0.29) is 17.8 Å². The van der Waals surface area contributed by atoms with Crippen molar-refractivity contribution in [3.8, 4) is 5.75 Å². The van der Waals surface area contributed by atoms with Crippen LogP contribution in [0.2, 0.25) is 0 Å². The third-order valence-electron chi connectivity index (χ3n) is 6.04. The van der Waals surface area contributed by atoms with Gasteiger partial charge in [-0.3, -0.25) is 9.59 Å². The van der Waals surface area contributed by atoms with Gasteiger partial charge >= 0.3 is 11.9 Å². The van der Waals surface area contributed by atoms with E-state index >= 15 is 0 Å². The topological polar surface area (TPSA) is 61.8 Å². The average Bonchev–Trinajstić information content (AvgIpc) is 2.97. The number of carbonyl (C=O) groups excluding carboxylic acids is 2. The Bertz CT molecular complexity index is 726. The second-order valence-electron chi connectivity index (χ2n) is 7.45. The van der Waals surface area contributed by atoms with E-state index in [9.17, 15) is 9.59 Å². The van der Waals surface area contributed by atoms with Crippen molar-refractivity contribution in [2.75, 3.05) is 21.3 Å². The van der Waals surface area contributed by atoms with E-state index in [1.54, 1.807) is 7.11 Å². The largest absolute Gasteiger partial charge is 0.497 e. The molecule has 0 aromatic heterocycles. The minimum atomic E-state index is -1.19. The predicted molar refractivity (Wildman–Crippen MR) is 96.8 cm³/mol. The van der Waals surface area contributed by atoms with Crippen molar-refractivity contribution >= 4 is 11.9 Å². The Kier molecular flexibility index (Phi) is 4.82. The number of methoxy groups -OCH3 is 3. The molecule has 0 heterocycles. The number of carbonyl (C=O) groups is 2. The fourth-order valence-corrected chi connectivity index (χ4v) is 4.92. The zero-order valence-electron chi connectivity index (χ0n) is 16.0. The maximum atomic E-state index is 12.5. The van der Waals surface area contributed by atoms with Crippen molar-refractivity contribution in [3.05, 3.63) is 41.0 Å². The standard InChI is InChI=1S/C21H26O5/c1-12(2)17-15-10-21(19(22)25-4,20(23)26-5)11-16(15)18(17)13-6-8-14(24-3)9-7-13/h6-9,15-16,18H,10-11H2,1-5H3/t15-,16+,18-/m0/s1. The van der Waals surface area contributed by atoms with Crippen molar-refractivity contribution in [3.63, 3.8) is 0 Å². The molecule has 0 unspecified atom stereocenters. The highest BCUT2D eigenvalue weighted by Crippen LogP contribution is 2.65. The monoisotopic (exact) mass is 358 g/mol. The van der Waals surface area contributed by atoms with Gasteiger partial charge in [0.2, 0.25) is 0 Å². The van der Waals surface area contributed by atoms with Crippen LogP contribution in [0.25, 0.3) is 0 Å². The van der Waals surface area contributed by atoms with Crippen LogP contribution in [0.4, 0.5) is 0 Å². The van der Waals surface area contributed by atoms with E-state index in [0.29, 0.717) is 12.8 Å². The Balaban J connectivity index is 1.99. The highest BCUT2D eigenvalue weighted by Gasteiger charge is 2.64. The Labute approximate surface area is 154 Å². The smallest absolute Gasteiger partial charge is 0.323 e. The van der Waals surface area contributed by atoms with Crippen molar-refractivity contribution < 1.29 is 23.8 Å². The second kappa shape index (κ2) is 6.78. The molecule has 26 heavy (non-hydrogen) atoms. The molecule has 0 bridgehead atoms. The number of ether oxygens (including phenoxy) is 3. The third-order valence-corrected chi connectivity index (χ3v) is 6.04. The van der Waals surface area contributed by atoms with Gasteiger partial charge in [0.05, 0.1) is 21.3 Å². The van der Waals surface area contributed by atoms with Crippen molar-refractivity contribution in [2.45, 2.75) is 32.6 Å². The summed E-state index contributed by atoms with van der Waals surface area (Å²) in [6, 6.07) is 8.04. The van der Waals surface area contributed by atoms with Gasteiger partial charge in [-0.15, -0.1) is 0 Å². The molecule has 0 N–H and O–H groups in total. The number of rotatable bonds is 4. The molecule has 1 aromatic carbocycles. The molecule has 5 nitrogen and oxygen atoms in total. The first-order valence-corrected chi connectivity index (χ1v) is 8.87. The average molecular weight is 358 g/mol. The Morgan fingerprint density at radius 3 is 2.00 bits per heavy atom. The van der Waals surface area contributed by atoms with Crippen LogP contribution in [0.5, 0.6) is 5.75 Å². The second-order valence-corrected chi connectivity index (χ2v) is 7.45. The molecule has 0 saturated heterocycles. The maximum Gasteiger partial charge on any atom is 0.323 e. The molecule has 2 fully saturated rings. The molecule has 1 aromatic rings. The highest BCUT2D eigenvalue weighted by molar-refractivity contribution is 6.00. The Hall–Kier alpha value is -2.30. The van der Waals surface area contributed by atoms with E-state index < -0.39 is 17.4 Å². The first kappa shape index (κ1) is 18.5. The van der Waals surface area contributed by atoms with Gasteiger partial charge in [0.1, 0.15) is 5.75 Å². The number of esters is 2. The molecule has 0 radical (unpaired) electrons. The normalized spacial score (nSPS) is 25.7. The molecule has 140 valence electrons. The van der Waals surface area contributed by atoms with Gasteiger partial charge in [-0.1, -0.05) is 23.3 Å². The quantitative estimate of drug-likeness (QED) is 0.468. The van der Waals surface area contributed by atoms with Crippen LogP contribution in [0.3, 0.4) is 0 Å². The summed E-state index contributed by atoms with van der Waals surface area (Å²) < 4.78 is 15.2. The summed E-state index contributed by atoms with van der Waals surface area (Å²) in [6.07, 6.45) is 0.925. The number of hydrogen-bond acceptors (Lipinski definition) is 5. The van der Waals surface area contributed by atoms with Crippen LogP contribution in [-0.2, 0) is 19.1 Å². The molecule has 0 aliphatic heterocycles. The molecular formula is C21H26O5. The number of benzene rings is 1. The maximum absolute atomic E-state index is 12.5. The fourth-order valence-electron chi connectivity index (χ4n) is 4.92. The van der Waals surface area contributed by atoms with Gasteiger partial charge in [0.25, 0.3) is 0 Å². The van der Waals surface area contributed by atoms with Gasteiger partial charge in [-0.05, 0) is 56.2 Å². The minimum absolute atomic E-state index is 0.213. The predicted octanol–water partition coefficient (Wildman–Crippen LogP) is 3.49. The first-order valence-electron chi connectivity index (χ1n) is 8.87. The lowest BCUT2D eigenvalue weighted by Gasteiger charge is -2.45. The van der Waals surface area contributed by atoms with Crippen LogP contribution < -0.4 is 4.74 Å². The molecule has 3 rings (SSSR count). The molecule has 2 aliphatic rings. The summed E-state index contributed by atoms with van der Waals surface area (Å²) >= 11 is 0. The zero-order valence-corrected chi connectivity index (χ0v) is 16.0. The molecule has 2 aliphatic carbocycles. The van der Waals surface area contributed by atoms with Gasteiger partial charge in [-0.2, -0.15) is 0 Å². The van der Waals surface area contributed by atoms with Crippen LogP contribution in [0.15, 0.2) is 35.4 Å². The SMILES string of the molecule is COC(=O)C1(C(=O)OC)C[C@@H]2[C@H](C1)C(=C(C)C)[C@H]2c1ccc(OC)cc1. The van der Waals surface area contributed by atoms with Gasteiger partial charge in [-0.25, -0.2) is 0 Å². The molecule has 0 spiro atoms. The van der Waals surface area contributed by atoms with E-state index in [1.807, 2.05) is 12.1 Å². The number of allylic oxidation sites excluding steroid dienone is 2.